The Morgan fingerprint density at radius 2 is 1.68 bits per heavy atom. The minimum absolute atomic E-state index is 0.0138. The van der Waals surface area contributed by atoms with E-state index in [1.165, 1.54) is 12.1 Å². The highest BCUT2D eigenvalue weighted by Gasteiger charge is 2.13. The van der Waals surface area contributed by atoms with E-state index in [4.69, 9.17) is 4.74 Å². The van der Waals surface area contributed by atoms with Crippen LogP contribution < -0.4 is 10.1 Å². The Morgan fingerprint density at radius 1 is 1.09 bits per heavy atom. The average molecular weight is 301 g/mol. The quantitative estimate of drug-likeness (QED) is 0.889. The second-order valence-corrected chi connectivity index (χ2v) is 5.30. The Hall–Kier alpha value is -2.36. The first kappa shape index (κ1) is 16.0. The highest BCUT2D eigenvalue weighted by molar-refractivity contribution is 5.78. The topological polar surface area (TPSA) is 38.3 Å². The molecule has 0 aliphatic heterocycles. The Morgan fingerprint density at radius 3 is 2.27 bits per heavy atom. The fourth-order valence-corrected chi connectivity index (χ4v) is 2.17. The van der Waals surface area contributed by atoms with Crippen LogP contribution >= 0.6 is 0 Å². The van der Waals surface area contributed by atoms with E-state index in [-0.39, 0.29) is 17.6 Å². The lowest BCUT2D eigenvalue weighted by Gasteiger charge is -2.12. The summed E-state index contributed by atoms with van der Waals surface area (Å²) in [7, 11) is 1.62. The molecule has 0 aliphatic carbocycles. The zero-order chi connectivity index (χ0) is 15.9. The number of ether oxygens (including phenoxy) is 1. The number of carbonyl (C=O) groups is 1. The Kier molecular flexibility index (Phi) is 5.53. The van der Waals surface area contributed by atoms with Crippen LogP contribution in [0.25, 0.3) is 0 Å². The molecule has 0 saturated carbocycles. The van der Waals surface area contributed by atoms with Crippen LogP contribution in [0.2, 0.25) is 0 Å². The van der Waals surface area contributed by atoms with Crippen molar-refractivity contribution in [1.82, 2.24) is 5.32 Å². The first-order valence-electron chi connectivity index (χ1n) is 7.23. The van der Waals surface area contributed by atoms with E-state index >= 15 is 0 Å². The van der Waals surface area contributed by atoms with Gasteiger partial charge < -0.3 is 10.1 Å². The summed E-state index contributed by atoms with van der Waals surface area (Å²) in [5.74, 6) is 0.351. The number of amides is 1. The standard InChI is InChI=1S/C18H20FNO2/c1-13(11-14-3-7-16(19)8-4-14)18(21)20-12-15-5-9-17(22-2)10-6-15/h3-10,13H,11-12H2,1-2H3,(H,20,21). The normalized spacial score (nSPS) is 11.8. The number of methoxy groups -OCH3 is 1. The van der Waals surface area contributed by atoms with Gasteiger partial charge in [0.2, 0.25) is 5.91 Å². The van der Waals surface area contributed by atoms with Gasteiger partial charge in [-0.05, 0) is 41.8 Å². The molecule has 0 bridgehead atoms. The van der Waals surface area contributed by atoms with Gasteiger partial charge in [-0.1, -0.05) is 31.2 Å². The summed E-state index contributed by atoms with van der Waals surface area (Å²) >= 11 is 0. The Bertz CT molecular complexity index is 608. The molecule has 22 heavy (non-hydrogen) atoms. The van der Waals surface area contributed by atoms with E-state index in [1.54, 1.807) is 19.2 Å². The van der Waals surface area contributed by atoms with Gasteiger partial charge in [-0.15, -0.1) is 0 Å². The van der Waals surface area contributed by atoms with Crippen LogP contribution in [0.5, 0.6) is 5.75 Å². The molecule has 0 saturated heterocycles. The molecule has 2 rings (SSSR count). The van der Waals surface area contributed by atoms with Crippen LogP contribution in [0.15, 0.2) is 48.5 Å². The molecule has 0 heterocycles. The van der Waals surface area contributed by atoms with E-state index in [1.807, 2.05) is 31.2 Å². The molecule has 0 aromatic heterocycles. The molecular weight excluding hydrogens is 281 g/mol. The summed E-state index contributed by atoms with van der Waals surface area (Å²) in [6.45, 7) is 2.35. The summed E-state index contributed by atoms with van der Waals surface area (Å²) in [6.07, 6.45) is 0.592. The summed E-state index contributed by atoms with van der Waals surface area (Å²) in [5.41, 5.74) is 1.97. The van der Waals surface area contributed by atoms with Gasteiger partial charge >= 0.3 is 0 Å². The van der Waals surface area contributed by atoms with Crippen molar-refractivity contribution in [2.45, 2.75) is 19.9 Å². The predicted octanol–water partition coefficient (Wildman–Crippen LogP) is 3.33. The van der Waals surface area contributed by atoms with Crippen molar-refractivity contribution < 1.29 is 13.9 Å². The van der Waals surface area contributed by atoms with E-state index in [0.717, 1.165) is 16.9 Å². The lowest BCUT2D eigenvalue weighted by Crippen LogP contribution is -2.29. The van der Waals surface area contributed by atoms with Gasteiger partial charge in [0, 0.05) is 12.5 Å². The smallest absolute Gasteiger partial charge is 0.223 e. The van der Waals surface area contributed by atoms with Crippen molar-refractivity contribution >= 4 is 5.91 Å². The van der Waals surface area contributed by atoms with Gasteiger partial charge in [-0.25, -0.2) is 4.39 Å². The molecule has 1 amide bonds. The number of halogens is 1. The number of nitrogens with one attached hydrogen (secondary N) is 1. The van der Waals surface area contributed by atoms with Crippen molar-refractivity contribution in [3.8, 4) is 5.75 Å². The summed E-state index contributed by atoms with van der Waals surface area (Å²) < 4.78 is 18.0. The number of benzene rings is 2. The molecule has 3 nitrogen and oxygen atoms in total. The molecular formula is C18H20FNO2. The third-order valence-corrected chi connectivity index (χ3v) is 3.53. The van der Waals surface area contributed by atoms with Gasteiger partial charge in [0.15, 0.2) is 0 Å². The highest BCUT2D eigenvalue weighted by Crippen LogP contribution is 2.12. The first-order valence-corrected chi connectivity index (χ1v) is 7.23. The largest absolute Gasteiger partial charge is 0.497 e. The zero-order valence-electron chi connectivity index (χ0n) is 12.8. The van der Waals surface area contributed by atoms with Crippen LogP contribution in [-0.2, 0) is 17.8 Å². The second kappa shape index (κ2) is 7.59. The molecule has 0 fully saturated rings. The zero-order valence-corrected chi connectivity index (χ0v) is 12.8. The van der Waals surface area contributed by atoms with Crippen molar-refractivity contribution in [3.05, 3.63) is 65.5 Å². The summed E-state index contributed by atoms with van der Waals surface area (Å²) in [4.78, 5) is 12.1. The molecule has 0 radical (unpaired) electrons. The maximum Gasteiger partial charge on any atom is 0.223 e. The fourth-order valence-electron chi connectivity index (χ4n) is 2.17. The monoisotopic (exact) mass is 301 g/mol. The first-order chi connectivity index (χ1) is 10.6. The molecule has 1 unspecified atom stereocenters. The summed E-state index contributed by atoms with van der Waals surface area (Å²) in [5, 5.41) is 2.91. The molecule has 4 heteroatoms. The van der Waals surface area contributed by atoms with Crippen molar-refractivity contribution in [2.24, 2.45) is 5.92 Å². The number of rotatable bonds is 6. The van der Waals surface area contributed by atoms with E-state index in [9.17, 15) is 9.18 Å². The average Bonchev–Trinajstić information content (AvgIpc) is 2.55. The molecule has 2 aromatic rings. The van der Waals surface area contributed by atoms with Gasteiger partial charge in [0.25, 0.3) is 0 Å². The maximum atomic E-state index is 12.9. The highest BCUT2D eigenvalue weighted by atomic mass is 19.1. The molecule has 2 aromatic carbocycles. The van der Waals surface area contributed by atoms with E-state index in [2.05, 4.69) is 5.32 Å². The van der Waals surface area contributed by atoms with Crippen LogP contribution in [0.3, 0.4) is 0 Å². The minimum atomic E-state index is -0.264. The van der Waals surface area contributed by atoms with Gasteiger partial charge in [-0.3, -0.25) is 4.79 Å². The second-order valence-electron chi connectivity index (χ2n) is 5.30. The number of hydrogen-bond acceptors (Lipinski definition) is 2. The van der Waals surface area contributed by atoms with E-state index < -0.39 is 0 Å². The Balaban J connectivity index is 1.84. The lowest BCUT2D eigenvalue weighted by molar-refractivity contribution is -0.124. The predicted molar refractivity (Wildman–Crippen MR) is 84.1 cm³/mol. The summed E-state index contributed by atoms with van der Waals surface area (Å²) in [6, 6.07) is 13.8. The van der Waals surface area contributed by atoms with Gasteiger partial charge in [0.1, 0.15) is 11.6 Å². The van der Waals surface area contributed by atoms with Crippen LogP contribution in [0.1, 0.15) is 18.1 Å². The van der Waals surface area contributed by atoms with Crippen LogP contribution in [0, 0.1) is 11.7 Å². The third kappa shape index (κ3) is 4.58. The van der Waals surface area contributed by atoms with Crippen LogP contribution in [-0.4, -0.2) is 13.0 Å². The Labute approximate surface area is 130 Å². The SMILES string of the molecule is COc1ccc(CNC(=O)C(C)Cc2ccc(F)cc2)cc1. The van der Waals surface area contributed by atoms with Gasteiger partial charge in [-0.2, -0.15) is 0 Å². The molecule has 0 spiro atoms. The van der Waals surface area contributed by atoms with Crippen molar-refractivity contribution in [1.29, 1.82) is 0 Å². The molecule has 1 atom stereocenters. The maximum absolute atomic E-state index is 12.9. The lowest BCUT2D eigenvalue weighted by atomic mass is 10.0. The molecule has 1 N–H and O–H groups in total. The van der Waals surface area contributed by atoms with Crippen LogP contribution in [0.4, 0.5) is 4.39 Å². The number of hydrogen-bond donors (Lipinski definition) is 1. The fraction of sp³-hybridized carbons (Fsp3) is 0.278. The van der Waals surface area contributed by atoms with Crippen molar-refractivity contribution in [2.75, 3.05) is 7.11 Å². The third-order valence-electron chi connectivity index (χ3n) is 3.53. The van der Waals surface area contributed by atoms with Gasteiger partial charge in [0.05, 0.1) is 7.11 Å². The van der Waals surface area contributed by atoms with Crippen molar-refractivity contribution in [3.63, 3.8) is 0 Å². The minimum Gasteiger partial charge on any atom is -0.497 e. The van der Waals surface area contributed by atoms with E-state index in [0.29, 0.717) is 13.0 Å². The molecule has 116 valence electrons. The molecule has 0 aliphatic rings. The number of carbonyl (C=O) groups excluding carboxylic acids is 1.